The molecule has 1 saturated heterocycles. The zero-order valence-corrected chi connectivity index (χ0v) is 11.1. The highest BCUT2D eigenvalue weighted by atomic mass is 19.1. The minimum Gasteiger partial charge on any atom is -0.467 e. The van der Waals surface area contributed by atoms with Gasteiger partial charge in [-0.05, 0) is 18.2 Å². The Labute approximate surface area is 119 Å². The number of nitro groups is 1. The summed E-state index contributed by atoms with van der Waals surface area (Å²) in [5, 5.41) is 10.6. The van der Waals surface area contributed by atoms with Gasteiger partial charge < -0.3 is 14.1 Å². The van der Waals surface area contributed by atoms with Crippen molar-refractivity contribution in [2.45, 2.75) is 6.10 Å². The smallest absolute Gasteiger partial charge is 0.272 e. The second kappa shape index (κ2) is 5.53. The van der Waals surface area contributed by atoms with E-state index in [-0.39, 0.29) is 11.8 Å². The van der Waals surface area contributed by atoms with Gasteiger partial charge in [-0.25, -0.2) is 4.39 Å². The Bertz CT molecular complexity index is 644. The van der Waals surface area contributed by atoms with E-state index in [2.05, 4.69) is 0 Å². The lowest BCUT2D eigenvalue weighted by Crippen LogP contribution is -2.38. The molecule has 0 bridgehead atoms. The van der Waals surface area contributed by atoms with Gasteiger partial charge in [0.15, 0.2) is 5.82 Å². The number of hydrogen-bond donors (Lipinski definition) is 0. The molecule has 0 N–H and O–H groups in total. The van der Waals surface area contributed by atoms with E-state index in [0.29, 0.717) is 31.1 Å². The summed E-state index contributed by atoms with van der Waals surface area (Å²) in [6.07, 6.45) is 1.28. The second-order valence-electron chi connectivity index (χ2n) is 4.71. The number of benzene rings is 1. The fourth-order valence-corrected chi connectivity index (χ4v) is 2.38. The number of nitro benzene ring substituents is 1. The summed E-state index contributed by atoms with van der Waals surface area (Å²) in [7, 11) is 0. The minimum absolute atomic E-state index is 0.257. The molecule has 0 spiro atoms. The van der Waals surface area contributed by atoms with Crippen LogP contribution in [-0.4, -0.2) is 24.6 Å². The predicted molar refractivity (Wildman–Crippen MR) is 72.7 cm³/mol. The van der Waals surface area contributed by atoms with Gasteiger partial charge in [-0.3, -0.25) is 10.1 Å². The quantitative estimate of drug-likeness (QED) is 0.642. The van der Waals surface area contributed by atoms with Gasteiger partial charge in [0.2, 0.25) is 0 Å². The standard InChI is InChI=1S/C14H13FN2O4/c15-11-8-10(17(18)19)3-4-12(11)16-5-7-21-14(9-16)13-2-1-6-20-13/h1-4,6,8,14H,5,7,9H2. The van der Waals surface area contributed by atoms with Crippen molar-refractivity contribution in [3.63, 3.8) is 0 Å². The van der Waals surface area contributed by atoms with Gasteiger partial charge in [0, 0.05) is 12.6 Å². The molecule has 0 saturated carbocycles. The van der Waals surface area contributed by atoms with E-state index in [4.69, 9.17) is 9.15 Å². The molecular formula is C14H13FN2O4. The van der Waals surface area contributed by atoms with Crippen LogP contribution in [0.3, 0.4) is 0 Å². The van der Waals surface area contributed by atoms with Crippen LogP contribution < -0.4 is 4.90 Å². The Morgan fingerprint density at radius 1 is 1.38 bits per heavy atom. The van der Waals surface area contributed by atoms with Crippen LogP contribution in [-0.2, 0) is 4.74 Å². The summed E-state index contributed by atoms with van der Waals surface area (Å²) >= 11 is 0. The van der Waals surface area contributed by atoms with Crippen molar-refractivity contribution in [2.75, 3.05) is 24.6 Å². The highest BCUT2D eigenvalue weighted by molar-refractivity contribution is 5.52. The van der Waals surface area contributed by atoms with E-state index in [1.807, 2.05) is 0 Å². The SMILES string of the molecule is O=[N+]([O-])c1ccc(N2CCOC(c3ccco3)C2)c(F)c1. The average molecular weight is 292 g/mol. The highest BCUT2D eigenvalue weighted by Gasteiger charge is 2.26. The Morgan fingerprint density at radius 2 is 2.24 bits per heavy atom. The van der Waals surface area contributed by atoms with Crippen LogP contribution in [0.5, 0.6) is 0 Å². The fourth-order valence-electron chi connectivity index (χ4n) is 2.38. The summed E-state index contributed by atoms with van der Waals surface area (Å²) in [5.74, 6) is 0.0753. The van der Waals surface area contributed by atoms with Crippen LogP contribution in [0.1, 0.15) is 11.9 Å². The van der Waals surface area contributed by atoms with Gasteiger partial charge >= 0.3 is 0 Å². The highest BCUT2D eigenvalue weighted by Crippen LogP contribution is 2.29. The van der Waals surface area contributed by atoms with Crippen LogP contribution >= 0.6 is 0 Å². The second-order valence-corrected chi connectivity index (χ2v) is 4.71. The third kappa shape index (κ3) is 2.73. The molecule has 1 aliphatic heterocycles. The molecule has 1 aromatic heterocycles. The van der Waals surface area contributed by atoms with Crippen LogP contribution in [0.4, 0.5) is 15.8 Å². The molecule has 1 fully saturated rings. The van der Waals surface area contributed by atoms with Crippen LogP contribution in [0.2, 0.25) is 0 Å². The topological polar surface area (TPSA) is 68.8 Å². The number of halogens is 1. The first-order valence-electron chi connectivity index (χ1n) is 6.49. The number of ether oxygens (including phenoxy) is 1. The van der Waals surface area contributed by atoms with Gasteiger partial charge in [-0.1, -0.05) is 0 Å². The van der Waals surface area contributed by atoms with Crippen LogP contribution in [0, 0.1) is 15.9 Å². The van der Waals surface area contributed by atoms with Crippen molar-refractivity contribution >= 4 is 11.4 Å². The molecule has 7 heteroatoms. The third-order valence-corrected chi connectivity index (χ3v) is 3.41. The van der Waals surface area contributed by atoms with Crippen molar-refractivity contribution in [1.82, 2.24) is 0 Å². The summed E-state index contributed by atoms with van der Waals surface area (Å²) in [5.41, 5.74) is 0.0764. The molecule has 6 nitrogen and oxygen atoms in total. The van der Waals surface area contributed by atoms with Crippen molar-refractivity contribution in [2.24, 2.45) is 0 Å². The average Bonchev–Trinajstić information content (AvgIpc) is 3.01. The minimum atomic E-state index is -0.613. The summed E-state index contributed by atoms with van der Waals surface area (Å²) in [4.78, 5) is 11.8. The van der Waals surface area contributed by atoms with Crippen LogP contribution in [0.25, 0.3) is 0 Å². The number of rotatable bonds is 3. The molecule has 1 aliphatic rings. The Kier molecular flexibility index (Phi) is 3.57. The molecule has 3 rings (SSSR count). The predicted octanol–water partition coefficient (Wildman–Crippen LogP) is 2.90. The van der Waals surface area contributed by atoms with Crippen molar-refractivity contribution < 1.29 is 18.5 Å². The maximum Gasteiger partial charge on any atom is 0.272 e. The number of morpholine rings is 1. The molecule has 1 atom stereocenters. The number of non-ortho nitro benzene ring substituents is 1. The van der Waals surface area contributed by atoms with Crippen molar-refractivity contribution in [1.29, 1.82) is 0 Å². The van der Waals surface area contributed by atoms with Crippen molar-refractivity contribution in [3.05, 3.63) is 58.3 Å². The zero-order chi connectivity index (χ0) is 14.8. The Hall–Kier alpha value is -2.41. The van der Waals surface area contributed by atoms with Gasteiger partial charge in [0.05, 0.1) is 36.1 Å². The maximum atomic E-state index is 14.1. The third-order valence-electron chi connectivity index (χ3n) is 3.41. The number of hydrogen-bond acceptors (Lipinski definition) is 5. The molecule has 2 heterocycles. The summed E-state index contributed by atoms with van der Waals surface area (Å²) < 4.78 is 25.0. The maximum absolute atomic E-state index is 14.1. The lowest BCUT2D eigenvalue weighted by atomic mass is 10.2. The first kappa shape index (κ1) is 13.6. The Balaban J connectivity index is 1.82. The molecule has 1 unspecified atom stereocenters. The number of anilines is 1. The van der Waals surface area contributed by atoms with E-state index in [0.717, 1.165) is 6.07 Å². The summed E-state index contributed by atoms with van der Waals surface area (Å²) in [6, 6.07) is 7.24. The molecule has 0 radical (unpaired) electrons. The van der Waals surface area contributed by atoms with Gasteiger partial charge in [0.1, 0.15) is 11.9 Å². The van der Waals surface area contributed by atoms with E-state index in [9.17, 15) is 14.5 Å². The van der Waals surface area contributed by atoms with E-state index >= 15 is 0 Å². The first-order chi connectivity index (χ1) is 10.1. The molecule has 2 aromatic rings. The van der Waals surface area contributed by atoms with E-state index in [1.165, 1.54) is 12.1 Å². The number of nitrogens with zero attached hydrogens (tertiary/aromatic N) is 2. The lowest BCUT2D eigenvalue weighted by Gasteiger charge is -2.33. The molecular weight excluding hydrogens is 279 g/mol. The largest absolute Gasteiger partial charge is 0.467 e. The normalized spacial score (nSPS) is 18.7. The monoisotopic (exact) mass is 292 g/mol. The first-order valence-corrected chi connectivity index (χ1v) is 6.49. The molecule has 110 valence electrons. The Morgan fingerprint density at radius 3 is 2.90 bits per heavy atom. The molecule has 21 heavy (non-hydrogen) atoms. The number of furan rings is 1. The summed E-state index contributed by atoms with van der Waals surface area (Å²) in [6.45, 7) is 1.38. The lowest BCUT2D eigenvalue weighted by molar-refractivity contribution is -0.385. The fraction of sp³-hybridized carbons (Fsp3) is 0.286. The van der Waals surface area contributed by atoms with E-state index in [1.54, 1.807) is 23.3 Å². The molecule has 0 amide bonds. The molecule has 0 aliphatic carbocycles. The van der Waals surface area contributed by atoms with Gasteiger partial charge in [0.25, 0.3) is 5.69 Å². The van der Waals surface area contributed by atoms with E-state index < -0.39 is 10.7 Å². The van der Waals surface area contributed by atoms with Gasteiger partial charge in [-0.15, -0.1) is 0 Å². The molecule has 1 aromatic carbocycles. The zero-order valence-electron chi connectivity index (χ0n) is 11.1. The van der Waals surface area contributed by atoms with Crippen LogP contribution in [0.15, 0.2) is 41.0 Å². The van der Waals surface area contributed by atoms with Gasteiger partial charge in [-0.2, -0.15) is 0 Å². The van der Waals surface area contributed by atoms with Crippen molar-refractivity contribution in [3.8, 4) is 0 Å².